The zero-order chi connectivity index (χ0) is 13.1. The molecule has 17 heavy (non-hydrogen) atoms. The van der Waals surface area contributed by atoms with Gasteiger partial charge >= 0.3 is 0 Å². The quantitative estimate of drug-likeness (QED) is 0.734. The van der Waals surface area contributed by atoms with E-state index in [9.17, 15) is 5.11 Å². The van der Waals surface area contributed by atoms with E-state index in [1.54, 1.807) is 0 Å². The highest BCUT2D eigenvalue weighted by molar-refractivity contribution is 5.60. The minimum atomic E-state index is 0.110. The summed E-state index contributed by atoms with van der Waals surface area (Å²) in [4.78, 5) is 0. The maximum Gasteiger partial charge on any atom is 0.123 e. The predicted octanol–water partition coefficient (Wildman–Crippen LogP) is 4.30. The lowest BCUT2D eigenvalue weighted by atomic mass is 9.79. The van der Waals surface area contributed by atoms with Crippen molar-refractivity contribution < 1.29 is 9.84 Å². The normalized spacial score (nSPS) is 16.0. The molecule has 0 amide bonds. The number of ether oxygens (including phenoxy) is 1. The first kappa shape index (κ1) is 13.6. The molecule has 2 nitrogen and oxygen atoms in total. The number of fused-ring (bicyclic) bond motifs is 1. The van der Waals surface area contributed by atoms with Crippen LogP contribution in [-0.4, -0.2) is 11.7 Å². The van der Waals surface area contributed by atoms with Gasteiger partial charge in [0.2, 0.25) is 0 Å². The molecule has 0 radical (unpaired) electrons. The summed E-state index contributed by atoms with van der Waals surface area (Å²) in [7, 11) is 0. The topological polar surface area (TPSA) is 29.5 Å². The summed E-state index contributed by atoms with van der Waals surface area (Å²) >= 11 is 0. The summed E-state index contributed by atoms with van der Waals surface area (Å²) in [6, 6.07) is 5.71. The van der Waals surface area contributed by atoms with E-state index in [1.807, 2.05) is 32.0 Å². The Kier molecular flexibility index (Phi) is 4.22. The van der Waals surface area contributed by atoms with Crippen LogP contribution in [0.15, 0.2) is 24.8 Å². The van der Waals surface area contributed by atoms with E-state index in [2.05, 4.69) is 20.4 Å². The van der Waals surface area contributed by atoms with Gasteiger partial charge in [-0.2, -0.15) is 0 Å². The zero-order valence-electron chi connectivity index (χ0n) is 11.2. The minimum Gasteiger partial charge on any atom is -0.508 e. The first-order valence-electron chi connectivity index (χ1n) is 6.16. The molecule has 0 spiro atoms. The van der Waals surface area contributed by atoms with Crippen molar-refractivity contribution in [2.75, 3.05) is 6.61 Å². The molecule has 0 fully saturated rings. The van der Waals surface area contributed by atoms with Crippen LogP contribution in [0.1, 0.15) is 45.2 Å². The zero-order valence-corrected chi connectivity index (χ0v) is 11.2. The molecule has 0 atom stereocenters. The van der Waals surface area contributed by atoms with E-state index >= 15 is 0 Å². The van der Waals surface area contributed by atoms with Gasteiger partial charge < -0.3 is 9.84 Å². The van der Waals surface area contributed by atoms with Gasteiger partial charge in [0.1, 0.15) is 11.5 Å². The van der Waals surface area contributed by atoms with Crippen LogP contribution in [0.3, 0.4) is 0 Å². The maximum atomic E-state index is 9.36. The SMILES string of the molecule is C=C(O)c1ccc2c(c1)C(C)(C)CCO2.CC. The molecule has 2 heteroatoms. The highest BCUT2D eigenvalue weighted by atomic mass is 16.5. The van der Waals surface area contributed by atoms with Crippen molar-refractivity contribution in [2.24, 2.45) is 0 Å². The Bertz CT molecular complexity index is 405. The molecule has 0 saturated carbocycles. The van der Waals surface area contributed by atoms with Crippen molar-refractivity contribution in [1.29, 1.82) is 0 Å². The Balaban J connectivity index is 0.000000686. The van der Waals surface area contributed by atoms with E-state index in [4.69, 9.17) is 4.74 Å². The van der Waals surface area contributed by atoms with Crippen LogP contribution in [0.25, 0.3) is 5.76 Å². The molecule has 0 aromatic heterocycles. The van der Waals surface area contributed by atoms with Crippen LogP contribution in [-0.2, 0) is 5.41 Å². The van der Waals surface area contributed by atoms with E-state index in [1.165, 1.54) is 0 Å². The number of rotatable bonds is 1. The molecule has 2 rings (SSSR count). The molecule has 0 saturated heterocycles. The largest absolute Gasteiger partial charge is 0.508 e. The third-order valence-corrected chi connectivity index (χ3v) is 3.03. The lowest BCUT2D eigenvalue weighted by Crippen LogP contribution is -2.26. The van der Waals surface area contributed by atoms with Crippen molar-refractivity contribution >= 4 is 5.76 Å². The Hall–Kier alpha value is -1.44. The van der Waals surface area contributed by atoms with Crippen molar-refractivity contribution in [3.63, 3.8) is 0 Å². The Labute approximate surface area is 104 Å². The van der Waals surface area contributed by atoms with Gasteiger partial charge in [0.15, 0.2) is 0 Å². The standard InChI is InChI=1S/C13H16O2.C2H6/c1-9(14)10-4-5-12-11(8-10)13(2,3)6-7-15-12;1-2/h4-5,8,14H,1,6-7H2,2-3H3;1-2H3. The van der Waals surface area contributed by atoms with Gasteiger partial charge in [0.05, 0.1) is 6.61 Å². The lowest BCUT2D eigenvalue weighted by Gasteiger charge is -2.32. The van der Waals surface area contributed by atoms with Gasteiger partial charge in [0.25, 0.3) is 0 Å². The number of hydrogen-bond donors (Lipinski definition) is 1. The van der Waals surface area contributed by atoms with Gasteiger partial charge in [-0.1, -0.05) is 34.3 Å². The summed E-state index contributed by atoms with van der Waals surface area (Å²) in [5.74, 6) is 1.04. The van der Waals surface area contributed by atoms with E-state index in [-0.39, 0.29) is 11.2 Å². The van der Waals surface area contributed by atoms with Crippen LogP contribution in [0, 0.1) is 0 Å². The van der Waals surface area contributed by atoms with Gasteiger partial charge in [-0.05, 0) is 30.0 Å². The average molecular weight is 234 g/mol. The van der Waals surface area contributed by atoms with Gasteiger partial charge in [-0.15, -0.1) is 0 Å². The van der Waals surface area contributed by atoms with Crippen LogP contribution >= 0.6 is 0 Å². The number of aliphatic hydroxyl groups is 1. The fraction of sp³-hybridized carbons (Fsp3) is 0.467. The van der Waals surface area contributed by atoms with E-state index in [0.29, 0.717) is 0 Å². The molecular formula is C15H22O2. The van der Waals surface area contributed by atoms with Gasteiger partial charge in [0, 0.05) is 11.1 Å². The highest BCUT2D eigenvalue weighted by Crippen LogP contribution is 2.39. The molecule has 1 N–H and O–H groups in total. The molecule has 1 heterocycles. The summed E-state index contributed by atoms with van der Waals surface area (Å²) in [5, 5.41) is 9.36. The Morgan fingerprint density at radius 2 is 2.00 bits per heavy atom. The summed E-state index contributed by atoms with van der Waals surface area (Å²) < 4.78 is 5.58. The van der Waals surface area contributed by atoms with Crippen LogP contribution in [0.5, 0.6) is 5.75 Å². The van der Waals surface area contributed by atoms with E-state index < -0.39 is 0 Å². The average Bonchev–Trinajstić information content (AvgIpc) is 2.31. The third-order valence-electron chi connectivity index (χ3n) is 3.03. The summed E-state index contributed by atoms with van der Waals surface area (Å²) in [5.41, 5.74) is 2.03. The monoisotopic (exact) mass is 234 g/mol. The number of benzene rings is 1. The summed E-state index contributed by atoms with van der Waals surface area (Å²) in [6.45, 7) is 12.7. The predicted molar refractivity (Wildman–Crippen MR) is 72.6 cm³/mol. The van der Waals surface area contributed by atoms with Gasteiger partial charge in [-0.25, -0.2) is 0 Å². The molecule has 1 aromatic carbocycles. The lowest BCUT2D eigenvalue weighted by molar-refractivity contribution is 0.234. The van der Waals surface area contributed by atoms with E-state index in [0.717, 1.165) is 29.9 Å². The second kappa shape index (κ2) is 5.26. The smallest absolute Gasteiger partial charge is 0.123 e. The number of hydrogen-bond acceptors (Lipinski definition) is 2. The fourth-order valence-electron chi connectivity index (χ4n) is 1.92. The summed E-state index contributed by atoms with van der Waals surface area (Å²) in [6.07, 6.45) is 1.00. The maximum absolute atomic E-state index is 9.36. The van der Waals surface area contributed by atoms with Crippen molar-refractivity contribution in [1.82, 2.24) is 0 Å². The molecule has 0 aliphatic carbocycles. The van der Waals surface area contributed by atoms with Crippen molar-refractivity contribution in [2.45, 2.75) is 39.5 Å². The first-order chi connectivity index (χ1) is 8.00. The molecule has 1 aromatic rings. The van der Waals surface area contributed by atoms with Crippen molar-refractivity contribution in [3.05, 3.63) is 35.9 Å². The van der Waals surface area contributed by atoms with Gasteiger partial charge in [-0.3, -0.25) is 0 Å². The molecule has 1 aliphatic heterocycles. The molecule has 0 bridgehead atoms. The second-order valence-electron chi connectivity index (χ2n) is 4.64. The fourth-order valence-corrected chi connectivity index (χ4v) is 1.92. The van der Waals surface area contributed by atoms with Crippen LogP contribution in [0.2, 0.25) is 0 Å². The van der Waals surface area contributed by atoms with Crippen molar-refractivity contribution in [3.8, 4) is 5.75 Å². The van der Waals surface area contributed by atoms with Crippen LogP contribution in [0.4, 0.5) is 0 Å². The highest BCUT2D eigenvalue weighted by Gasteiger charge is 2.28. The molecule has 94 valence electrons. The first-order valence-corrected chi connectivity index (χ1v) is 6.16. The second-order valence-corrected chi connectivity index (χ2v) is 4.64. The Morgan fingerprint density at radius 3 is 2.59 bits per heavy atom. The minimum absolute atomic E-state index is 0.110. The molecule has 0 unspecified atom stereocenters. The number of aliphatic hydroxyl groups excluding tert-OH is 1. The Morgan fingerprint density at radius 1 is 1.35 bits per heavy atom. The molecular weight excluding hydrogens is 212 g/mol. The molecule has 1 aliphatic rings. The van der Waals surface area contributed by atoms with Crippen LogP contribution < -0.4 is 4.74 Å². The third kappa shape index (κ3) is 2.82.